The molecule has 2 fully saturated rings. The van der Waals surface area contributed by atoms with Gasteiger partial charge < -0.3 is 10.6 Å². The molecule has 1 aliphatic heterocycles. The molecular weight excluding hydrogens is 296 g/mol. The average Bonchev–Trinajstić information content (AvgIpc) is 2.45. The van der Waals surface area contributed by atoms with Crippen LogP contribution in [0, 0.1) is 11.8 Å². The molecule has 0 spiro atoms. The highest BCUT2D eigenvalue weighted by Gasteiger charge is 2.32. The Kier molecular flexibility index (Phi) is 5.04. The van der Waals surface area contributed by atoms with Gasteiger partial charge >= 0.3 is 0 Å². The Morgan fingerprint density at radius 1 is 1.27 bits per heavy atom. The second kappa shape index (κ2) is 7.01. The first kappa shape index (κ1) is 15.8. The molecule has 0 bridgehead atoms. The molecule has 0 radical (unpaired) electrons. The van der Waals surface area contributed by atoms with Crippen molar-refractivity contribution in [2.75, 3.05) is 6.54 Å². The van der Waals surface area contributed by atoms with E-state index in [0.717, 1.165) is 24.4 Å². The second-order valence-electron chi connectivity index (χ2n) is 6.81. The predicted octanol–water partition coefficient (Wildman–Crippen LogP) is 3.69. The molecule has 1 saturated carbocycles. The molecule has 2 aliphatic rings. The quantitative estimate of drug-likeness (QED) is 0.888. The normalized spacial score (nSPS) is 27.0. The minimum atomic E-state index is 0.142. The topological polar surface area (TPSA) is 41.1 Å². The van der Waals surface area contributed by atoms with Gasteiger partial charge in [0.1, 0.15) is 0 Å². The largest absolute Gasteiger partial charge is 0.349 e. The SMILES string of the molecule is C[C@H]1C[C@@H](C(=O)NC(c2ccc(Cl)cc2)C2CCC2)CCN1. The zero-order chi connectivity index (χ0) is 15.5. The van der Waals surface area contributed by atoms with Crippen LogP contribution in [0.15, 0.2) is 24.3 Å². The number of hydrogen-bond donors (Lipinski definition) is 2. The van der Waals surface area contributed by atoms with Gasteiger partial charge in [0.05, 0.1) is 6.04 Å². The summed E-state index contributed by atoms with van der Waals surface area (Å²) in [5, 5.41) is 7.49. The lowest BCUT2D eigenvalue weighted by Gasteiger charge is -2.36. The van der Waals surface area contributed by atoms with E-state index < -0.39 is 0 Å². The fourth-order valence-electron chi connectivity index (χ4n) is 3.56. The zero-order valence-corrected chi connectivity index (χ0v) is 13.9. The highest BCUT2D eigenvalue weighted by atomic mass is 35.5. The number of carbonyl (C=O) groups is 1. The van der Waals surface area contributed by atoms with Crippen molar-refractivity contribution in [2.45, 2.75) is 51.1 Å². The molecule has 4 heteroatoms. The molecule has 1 amide bonds. The van der Waals surface area contributed by atoms with Gasteiger partial charge in [-0.15, -0.1) is 0 Å². The van der Waals surface area contributed by atoms with E-state index in [4.69, 9.17) is 11.6 Å². The van der Waals surface area contributed by atoms with Gasteiger partial charge in [-0.3, -0.25) is 4.79 Å². The highest BCUT2D eigenvalue weighted by Crippen LogP contribution is 2.38. The van der Waals surface area contributed by atoms with Gasteiger partial charge in [0.15, 0.2) is 0 Å². The molecule has 1 saturated heterocycles. The van der Waals surface area contributed by atoms with Crippen molar-refractivity contribution >= 4 is 17.5 Å². The molecular formula is C18H25ClN2O. The number of piperidine rings is 1. The van der Waals surface area contributed by atoms with Crippen LogP contribution in [-0.4, -0.2) is 18.5 Å². The lowest BCUT2D eigenvalue weighted by atomic mass is 9.77. The smallest absolute Gasteiger partial charge is 0.223 e. The van der Waals surface area contributed by atoms with Crippen LogP contribution in [0.25, 0.3) is 0 Å². The van der Waals surface area contributed by atoms with E-state index in [9.17, 15) is 4.79 Å². The Labute approximate surface area is 137 Å². The first-order chi connectivity index (χ1) is 10.6. The van der Waals surface area contributed by atoms with E-state index >= 15 is 0 Å². The van der Waals surface area contributed by atoms with Crippen LogP contribution in [0.4, 0.5) is 0 Å². The van der Waals surface area contributed by atoms with Crippen LogP contribution < -0.4 is 10.6 Å². The fourth-order valence-corrected chi connectivity index (χ4v) is 3.68. The summed E-state index contributed by atoms with van der Waals surface area (Å²) in [4.78, 5) is 12.7. The number of carbonyl (C=O) groups excluding carboxylic acids is 1. The van der Waals surface area contributed by atoms with Crippen molar-refractivity contribution in [3.8, 4) is 0 Å². The number of nitrogens with one attached hydrogen (secondary N) is 2. The number of hydrogen-bond acceptors (Lipinski definition) is 2. The highest BCUT2D eigenvalue weighted by molar-refractivity contribution is 6.30. The summed E-state index contributed by atoms with van der Waals surface area (Å²) in [5.74, 6) is 0.940. The maximum Gasteiger partial charge on any atom is 0.223 e. The van der Waals surface area contributed by atoms with E-state index in [1.807, 2.05) is 12.1 Å². The third kappa shape index (κ3) is 3.64. The first-order valence-electron chi connectivity index (χ1n) is 8.42. The van der Waals surface area contributed by atoms with Gasteiger partial charge in [0.25, 0.3) is 0 Å². The van der Waals surface area contributed by atoms with Gasteiger partial charge in [-0.05, 0) is 62.8 Å². The monoisotopic (exact) mass is 320 g/mol. The summed E-state index contributed by atoms with van der Waals surface area (Å²) in [5.41, 5.74) is 1.18. The molecule has 2 N–H and O–H groups in total. The molecule has 1 aromatic rings. The zero-order valence-electron chi connectivity index (χ0n) is 13.1. The Hall–Kier alpha value is -1.06. The average molecular weight is 321 g/mol. The summed E-state index contributed by atoms with van der Waals surface area (Å²) in [6.45, 7) is 3.09. The number of amides is 1. The Bertz CT molecular complexity index is 512. The van der Waals surface area contributed by atoms with Crippen LogP contribution in [0.5, 0.6) is 0 Å². The van der Waals surface area contributed by atoms with Gasteiger partial charge in [-0.25, -0.2) is 0 Å². The maximum absolute atomic E-state index is 12.7. The molecule has 1 unspecified atom stereocenters. The predicted molar refractivity (Wildman–Crippen MR) is 89.9 cm³/mol. The Balaban J connectivity index is 1.69. The van der Waals surface area contributed by atoms with Crippen molar-refractivity contribution in [1.82, 2.24) is 10.6 Å². The van der Waals surface area contributed by atoms with Crippen molar-refractivity contribution in [3.05, 3.63) is 34.9 Å². The summed E-state index contributed by atoms with van der Waals surface area (Å²) in [6.07, 6.45) is 5.55. The third-order valence-electron chi connectivity index (χ3n) is 5.14. The van der Waals surface area contributed by atoms with Gasteiger partial charge in [-0.1, -0.05) is 30.2 Å². The fraction of sp³-hybridized carbons (Fsp3) is 0.611. The van der Waals surface area contributed by atoms with E-state index in [0.29, 0.717) is 12.0 Å². The first-order valence-corrected chi connectivity index (χ1v) is 8.80. The van der Waals surface area contributed by atoms with Gasteiger partial charge in [0, 0.05) is 17.0 Å². The van der Waals surface area contributed by atoms with Gasteiger partial charge in [0.2, 0.25) is 5.91 Å². The molecule has 1 aliphatic carbocycles. The van der Waals surface area contributed by atoms with Crippen LogP contribution in [0.3, 0.4) is 0 Å². The lowest BCUT2D eigenvalue weighted by Crippen LogP contribution is -2.45. The lowest BCUT2D eigenvalue weighted by molar-refractivity contribution is -0.127. The Morgan fingerprint density at radius 2 is 2.00 bits per heavy atom. The third-order valence-corrected chi connectivity index (χ3v) is 5.39. The van der Waals surface area contributed by atoms with Crippen molar-refractivity contribution in [2.24, 2.45) is 11.8 Å². The second-order valence-corrected chi connectivity index (χ2v) is 7.24. The van der Waals surface area contributed by atoms with E-state index in [-0.39, 0.29) is 17.9 Å². The van der Waals surface area contributed by atoms with Gasteiger partial charge in [-0.2, -0.15) is 0 Å². The van der Waals surface area contributed by atoms with Crippen molar-refractivity contribution in [1.29, 1.82) is 0 Å². The van der Waals surface area contributed by atoms with E-state index in [2.05, 4.69) is 29.7 Å². The molecule has 3 nitrogen and oxygen atoms in total. The van der Waals surface area contributed by atoms with Crippen LogP contribution in [0.1, 0.15) is 50.6 Å². The summed E-state index contributed by atoms with van der Waals surface area (Å²) in [6, 6.07) is 8.52. The number of benzene rings is 1. The molecule has 22 heavy (non-hydrogen) atoms. The van der Waals surface area contributed by atoms with Crippen LogP contribution >= 0.6 is 11.6 Å². The van der Waals surface area contributed by atoms with Crippen molar-refractivity contribution < 1.29 is 4.79 Å². The molecule has 120 valence electrons. The number of halogens is 1. The molecule has 1 aromatic carbocycles. The minimum absolute atomic E-state index is 0.142. The molecule has 3 atom stereocenters. The van der Waals surface area contributed by atoms with Crippen LogP contribution in [-0.2, 0) is 4.79 Å². The minimum Gasteiger partial charge on any atom is -0.349 e. The number of rotatable bonds is 4. The van der Waals surface area contributed by atoms with Crippen molar-refractivity contribution in [3.63, 3.8) is 0 Å². The summed E-state index contributed by atoms with van der Waals surface area (Å²) < 4.78 is 0. The molecule has 3 rings (SSSR count). The molecule has 1 heterocycles. The summed E-state index contributed by atoms with van der Waals surface area (Å²) in [7, 11) is 0. The van der Waals surface area contributed by atoms with E-state index in [1.54, 1.807) is 0 Å². The van der Waals surface area contributed by atoms with Crippen LogP contribution in [0.2, 0.25) is 5.02 Å². The maximum atomic E-state index is 12.7. The molecule has 0 aromatic heterocycles. The summed E-state index contributed by atoms with van der Waals surface area (Å²) >= 11 is 5.99. The standard InChI is InChI=1S/C18H25ClN2O/c1-12-11-15(9-10-20-12)18(22)21-17(13-3-2-4-13)14-5-7-16(19)8-6-14/h5-8,12-13,15,17,20H,2-4,9-11H2,1H3,(H,21,22)/t12-,15-,17?/m0/s1. The Morgan fingerprint density at radius 3 is 2.59 bits per heavy atom. The van der Waals surface area contributed by atoms with E-state index in [1.165, 1.54) is 24.8 Å².